The largest absolute Gasteiger partial charge is 0.265 e. The summed E-state index contributed by atoms with van der Waals surface area (Å²) in [6.45, 7) is 3.03. The number of hydrogen-bond donors (Lipinski definition) is 0. The van der Waals surface area contributed by atoms with E-state index < -0.39 is 0 Å². The normalized spacial score (nSPS) is 10.6. The molecule has 0 bridgehead atoms. The topological polar surface area (TPSA) is 17.8 Å². The second-order valence-corrected chi connectivity index (χ2v) is 4.31. The number of aromatic nitrogens is 2. The summed E-state index contributed by atoms with van der Waals surface area (Å²) in [7, 11) is 0. The van der Waals surface area contributed by atoms with E-state index in [9.17, 15) is 0 Å². The first kappa shape index (κ1) is 11.4. The third-order valence-electron chi connectivity index (χ3n) is 2.69. The summed E-state index contributed by atoms with van der Waals surface area (Å²) in [5.41, 5.74) is 3.90. The van der Waals surface area contributed by atoms with Crippen LogP contribution in [0.15, 0.2) is 36.5 Å². The van der Waals surface area contributed by atoms with E-state index in [1.165, 1.54) is 16.8 Å². The third kappa shape index (κ3) is 2.35. The molecule has 0 aliphatic carbocycles. The molecule has 1 aromatic carbocycles. The van der Waals surface area contributed by atoms with Gasteiger partial charge in [0.25, 0.3) is 0 Å². The molecule has 0 amide bonds. The predicted molar refractivity (Wildman–Crippen MR) is 69.8 cm³/mol. The molecule has 0 N–H and O–H groups in total. The average molecular weight is 279 g/mol. The Kier molecular flexibility index (Phi) is 3.78. The molecule has 2 rings (SSSR count). The Morgan fingerprint density at radius 2 is 2.00 bits per heavy atom. The molecule has 0 unspecified atom stereocenters. The molecule has 0 saturated carbocycles. The quantitative estimate of drug-likeness (QED) is 0.784. The maximum atomic E-state index is 4.44. The summed E-state index contributed by atoms with van der Waals surface area (Å²) in [6.07, 6.45) is 2.98. The van der Waals surface area contributed by atoms with Crippen LogP contribution in [0.2, 0.25) is 0 Å². The maximum absolute atomic E-state index is 4.44. The van der Waals surface area contributed by atoms with Gasteiger partial charge in [-0.15, -0.1) is 0 Å². The number of alkyl halides is 1. The molecule has 2 aromatic rings. The molecule has 3 heteroatoms. The lowest BCUT2D eigenvalue weighted by atomic mass is 10.2. The summed E-state index contributed by atoms with van der Waals surface area (Å²) in [5.74, 6) is 0. The molecule has 0 atom stereocenters. The van der Waals surface area contributed by atoms with Crippen LogP contribution in [0.1, 0.15) is 23.7 Å². The van der Waals surface area contributed by atoms with Gasteiger partial charge in [0, 0.05) is 16.6 Å². The zero-order valence-electron chi connectivity index (χ0n) is 9.36. The predicted octanol–water partition coefficient (Wildman–Crippen LogP) is 3.39. The minimum atomic E-state index is 0.858. The van der Waals surface area contributed by atoms with Crippen molar-refractivity contribution in [3.8, 4) is 0 Å². The SMILES string of the molecule is CCc1c(CBr)cnn1Cc1ccccc1. The molecule has 2 nitrogen and oxygen atoms in total. The average Bonchev–Trinajstić information content (AvgIpc) is 2.72. The van der Waals surface area contributed by atoms with Crippen LogP contribution in [0.3, 0.4) is 0 Å². The van der Waals surface area contributed by atoms with Gasteiger partial charge in [-0.2, -0.15) is 5.10 Å². The van der Waals surface area contributed by atoms with Crippen LogP contribution in [0.4, 0.5) is 0 Å². The zero-order valence-corrected chi connectivity index (χ0v) is 10.9. The fourth-order valence-corrected chi connectivity index (χ4v) is 2.33. The van der Waals surface area contributed by atoms with Crippen molar-refractivity contribution >= 4 is 15.9 Å². The van der Waals surface area contributed by atoms with Gasteiger partial charge in [-0.3, -0.25) is 4.68 Å². The standard InChI is InChI=1S/C13H15BrN2/c1-2-13-12(8-14)9-15-16(13)10-11-6-4-3-5-7-11/h3-7,9H,2,8,10H2,1H3. The Hall–Kier alpha value is -1.09. The maximum Gasteiger partial charge on any atom is 0.0662 e. The van der Waals surface area contributed by atoms with Gasteiger partial charge >= 0.3 is 0 Å². The van der Waals surface area contributed by atoms with Crippen LogP contribution in [-0.4, -0.2) is 9.78 Å². The van der Waals surface area contributed by atoms with Crippen molar-refractivity contribution in [3.63, 3.8) is 0 Å². The third-order valence-corrected chi connectivity index (χ3v) is 3.29. The Morgan fingerprint density at radius 1 is 1.25 bits per heavy atom. The number of rotatable bonds is 4. The molecule has 84 valence electrons. The van der Waals surface area contributed by atoms with E-state index in [4.69, 9.17) is 0 Å². The fourth-order valence-electron chi connectivity index (χ4n) is 1.86. The molecule has 0 saturated heterocycles. The highest BCUT2D eigenvalue weighted by atomic mass is 79.9. The molecule has 0 aliphatic heterocycles. The van der Waals surface area contributed by atoms with E-state index in [1.54, 1.807) is 0 Å². The smallest absolute Gasteiger partial charge is 0.0662 e. The Bertz CT molecular complexity index is 448. The van der Waals surface area contributed by atoms with Crippen molar-refractivity contribution in [2.45, 2.75) is 25.2 Å². The number of benzene rings is 1. The molecule has 0 spiro atoms. The van der Waals surface area contributed by atoms with Crippen LogP contribution in [0.25, 0.3) is 0 Å². The van der Waals surface area contributed by atoms with Gasteiger partial charge in [0.2, 0.25) is 0 Å². The highest BCUT2D eigenvalue weighted by Gasteiger charge is 2.07. The summed E-state index contributed by atoms with van der Waals surface area (Å²) < 4.78 is 2.09. The minimum Gasteiger partial charge on any atom is -0.265 e. The lowest BCUT2D eigenvalue weighted by Crippen LogP contribution is -2.06. The minimum absolute atomic E-state index is 0.858. The van der Waals surface area contributed by atoms with Gasteiger partial charge < -0.3 is 0 Å². The first-order chi connectivity index (χ1) is 7.85. The van der Waals surface area contributed by atoms with E-state index >= 15 is 0 Å². The number of hydrogen-bond acceptors (Lipinski definition) is 1. The zero-order chi connectivity index (χ0) is 11.4. The van der Waals surface area contributed by atoms with Crippen molar-refractivity contribution in [1.29, 1.82) is 0 Å². The van der Waals surface area contributed by atoms with Crippen molar-refractivity contribution in [1.82, 2.24) is 9.78 Å². The lowest BCUT2D eigenvalue weighted by molar-refractivity contribution is 0.648. The van der Waals surface area contributed by atoms with Gasteiger partial charge in [0.15, 0.2) is 0 Å². The van der Waals surface area contributed by atoms with Gasteiger partial charge in [0.05, 0.1) is 12.7 Å². The van der Waals surface area contributed by atoms with Crippen LogP contribution in [0, 0.1) is 0 Å². The van der Waals surface area contributed by atoms with Crippen LogP contribution >= 0.6 is 15.9 Å². The molecular weight excluding hydrogens is 264 g/mol. The van der Waals surface area contributed by atoms with Gasteiger partial charge in [-0.05, 0) is 12.0 Å². The van der Waals surface area contributed by atoms with Gasteiger partial charge in [-0.1, -0.05) is 53.2 Å². The monoisotopic (exact) mass is 278 g/mol. The molecule has 16 heavy (non-hydrogen) atoms. The van der Waals surface area contributed by atoms with Gasteiger partial charge in [0.1, 0.15) is 0 Å². The van der Waals surface area contributed by atoms with E-state index in [2.05, 4.69) is 56.9 Å². The Morgan fingerprint density at radius 3 is 2.62 bits per heavy atom. The van der Waals surface area contributed by atoms with Crippen LogP contribution in [0.5, 0.6) is 0 Å². The fraction of sp³-hybridized carbons (Fsp3) is 0.308. The molecule has 0 radical (unpaired) electrons. The molecular formula is C13H15BrN2. The first-order valence-electron chi connectivity index (χ1n) is 5.48. The summed E-state index contributed by atoms with van der Waals surface area (Å²) in [4.78, 5) is 0. The second kappa shape index (κ2) is 5.30. The van der Waals surface area contributed by atoms with E-state index in [1.807, 2.05) is 12.3 Å². The first-order valence-corrected chi connectivity index (χ1v) is 6.60. The Labute approximate surface area is 104 Å². The van der Waals surface area contributed by atoms with Crippen molar-refractivity contribution in [3.05, 3.63) is 53.3 Å². The summed E-state index contributed by atoms with van der Waals surface area (Å²) in [5, 5.41) is 5.32. The van der Waals surface area contributed by atoms with Crippen molar-refractivity contribution in [2.24, 2.45) is 0 Å². The van der Waals surface area contributed by atoms with Crippen LogP contribution < -0.4 is 0 Å². The number of halogens is 1. The van der Waals surface area contributed by atoms with E-state index in [0.29, 0.717) is 0 Å². The summed E-state index contributed by atoms with van der Waals surface area (Å²) in [6, 6.07) is 10.4. The highest BCUT2D eigenvalue weighted by molar-refractivity contribution is 9.08. The highest BCUT2D eigenvalue weighted by Crippen LogP contribution is 2.14. The molecule has 0 fully saturated rings. The van der Waals surface area contributed by atoms with Crippen LogP contribution in [-0.2, 0) is 18.3 Å². The lowest BCUT2D eigenvalue weighted by Gasteiger charge is -2.07. The number of nitrogens with zero attached hydrogens (tertiary/aromatic N) is 2. The van der Waals surface area contributed by atoms with E-state index in [-0.39, 0.29) is 0 Å². The van der Waals surface area contributed by atoms with Crippen molar-refractivity contribution < 1.29 is 0 Å². The van der Waals surface area contributed by atoms with Crippen molar-refractivity contribution in [2.75, 3.05) is 0 Å². The van der Waals surface area contributed by atoms with E-state index in [0.717, 1.165) is 18.3 Å². The van der Waals surface area contributed by atoms with Gasteiger partial charge in [-0.25, -0.2) is 0 Å². The molecule has 1 heterocycles. The molecule has 1 aromatic heterocycles. The summed E-state index contributed by atoms with van der Waals surface area (Å²) >= 11 is 3.49. The molecule has 0 aliphatic rings. The Balaban J connectivity index is 2.25. The second-order valence-electron chi connectivity index (χ2n) is 3.75.